The van der Waals surface area contributed by atoms with Crippen molar-refractivity contribution in [3.8, 4) is 5.75 Å². The molecule has 0 heterocycles. The molecule has 0 atom stereocenters. The van der Waals surface area contributed by atoms with Crippen molar-refractivity contribution < 1.29 is 14.5 Å². The van der Waals surface area contributed by atoms with E-state index in [0.29, 0.717) is 0 Å². The fourth-order valence-corrected chi connectivity index (χ4v) is 1.68. The third-order valence-electron chi connectivity index (χ3n) is 2.81. The van der Waals surface area contributed by atoms with Crippen LogP contribution in [0.4, 0.5) is 5.69 Å². The zero-order valence-electron chi connectivity index (χ0n) is 11.7. The third kappa shape index (κ3) is 3.89. The average molecular weight is 299 g/mol. The molecule has 22 heavy (non-hydrogen) atoms. The molecule has 7 nitrogen and oxygen atoms in total. The maximum Gasteiger partial charge on any atom is 0.271 e. The first kappa shape index (κ1) is 15.2. The minimum atomic E-state index is -0.558. The van der Waals surface area contributed by atoms with Gasteiger partial charge in [-0.1, -0.05) is 6.07 Å². The van der Waals surface area contributed by atoms with Gasteiger partial charge < -0.3 is 4.74 Å². The number of carbonyl (C=O) groups excluding carboxylic acids is 1. The Balaban J connectivity index is 2.01. The van der Waals surface area contributed by atoms with Crippen LogP contribution in [0.5, 0.6) is 5.75 Å². The number of nitrogens with zero attached hydrogens (tertiary/aromatic N) is 2. The van der Waals surface area contributed by atoms with Crippen LogP contribution >= 0.6 is 0 Å². The number of amides is 1. The van der Waals surface area contributed by atoms with E-state index in [9.17, 15) is 14.9 Å². The molecule has 1 amide bonds. The van der Waals surface area contributed by atoms with Crippen LogP contribution in [-0.4, -0.2) is 24.2 Å². The van der Waals surface area contributed by atoms with Gasteiger partial charge in [-0.25, -0.2) is 5.43 Å². The van der Waals surface area contributed by atoms with E-state index in [1.54, 1.807) is 31.4 Å². The van der Waals surface area contributed by atoms with Crippen LogP contribution in [0.15, 0.2) is 53.6 Å². The fraction of sp³-hybridized carbons (Fsp3) is 0.0667. The highest BCUT2D eigenvalue weighted by molar-refractivity contribution is 5.95. The van der Waals surface area contributed by atoms with Crippen LogP contribution in [0.3, 0.4) is 0 Å². The van der Waals surface area contributed by atoms with Crippen molar-refractivity contribution in [3.63, 3.8) is 0 Å². The van der Waals surface area contributed by atoms with Gasteiger partial charge in [-0.2, -0.15) is 5.10 Å². The first-order chi connectivity index (χ1) is 10.6. The second-order valence-corrected chi connectivity index (χ2v) is 4.28. The van der Waals surface area contributed by atoms with E-state index < -0.39 is 10.8 Å². The summed E-state index contributed by atoms with van der Waals surface area (Å²) in [4.78, 5) is 21.9. The largest absolute Gasteiger partial charge is 0.497 e. The van der Waals surface area contributed by atoms with Gasteiger partial charge in [0, 0.05) is 17.7 Å². The molecule has 0 aliphatic heterocycles. The Morgan fingerprint density at radius 3 is 2.64 bits per heavy atom. The number of ether oxygens (including phenoxy) is 1. The highest BCUT2D eigenvalue weighted by Crippen LogP contribution is 2.13. The van der Waals surface area contributed by atoms with Crippen LogP contribution in [0.2, 0.25) is 0 Å². The predicted molar refractivity (Wildman–Crippen MR) is 81.2 cm³/mol. The summed E-state index contributed by atoms with van der Waals surface area (Å²) in [5.41, 5.74) is 3.12. The zero-order chi connectivity index (χ0) is 15.9. The molecule has 2 aromatic rings. The minimum absolute atomic E-state index is 0.146. The lowest BCUT2D eigenvalue weighted by Crippen LogP contribution is -2.17. The molecule has 112 valence electrons. The van der Waals surface area contributed by atoms with Crippen LogP contribution < -0.4 is 10.2 Å². The monoisotopic (exact) mass is 299 g/mol. The molecule has 0 fully saturated rings. The molecule has 0 bridgehead atoms. The molecular weight excluding hydrogens is 286 g/mol. The van der Waals surface area contributed by atoms with Gasteiger partial charge in [-0.05, 0) is 35.9 Å². The summed E-state index contributed by atoms with van der Waals surface area (Å²) in [5, 5.41) is 14.5. The van der Waals surface area contributed by atoms with Gasteiger partial charge in [0.25, 0.3) is 11.6 Å². The Bertz CT molecular complexity index is 711. The topological polar surface area (TPSA) is 93.8 Å². The number of non-ortho nitro benzene ring substituents is 1. The average Bonchev–Trinajstić information content (AvgIpc) is 2.55. The van der Waals surface area contributed by atoms with Gasteiger partial charge >= 0.3 is 0 Å². The molecule has 1 N–H and O–H groups in total. The van der Waals surface area contributed by atoms with Gasteiger partial charge in [-0.15, -0.1) is 0 Å². The Morgan fingerprint density at radius 1 is 1.27 bits per heavy atom. The molecular formula is C15H13N3O4. The van der Waals surface area contributed by atoms with E-state index in [2.05, 4.69) is 10.5 Å². The number of nitrogens with one attached hydrogen (secondary N) is 1. The van der Waals surface area contributed by atoms with E-state index in [0.717, 1.165) is 11.3 Å². The first-order valence-electron chi connectivity index (χ1n) is 6.32. The Hall–Kier alpha value is -3.22. The highest BCUT2D eigenvalue weighted by Gasteiger charge is 2.10. The van der Waals surface area contributed by atoms with Crippen molar-refractivity contribution >= 4 is 17.8 Å². The molecule has 0 saturated heterocycles. The molecule has 0 aromatic heterocycles. The van der Waals surface area contributed by atoms with E-state index in [1.807, 2.05) is 0 Å². The Labute approximate surface area is 126 Å². The summed E-state index contributed by atoms with van der Waals surface area (Å²) < 4.78 is 5.03. The smallest absolute Gasteiger partial charge is 0.271 e. The molecule has 0 radical (unpaired) electrons. The third-order valence-corrected chi connectivity index (χ3v) is 2.81. The van der Waals surface area contributed by atoms with E-state index in [4.69, 9.17) is 4.74 Å². The maximum absolute atomic E-state index is 11.8. The van der Waals surface area contributed by atoms with Crippen molar-refractivity contribution in [1.29, 1.82) is 0 Å². The number of benzene rings is 2. The predicted octanol–water partition coefficient (Wildman–Crippen LogP) is 2.37. The first-order valence-corrected chi connectivity index (χ1v) is 6.32. The number of rotatable bonds is 5. The van der Waals surface area contributed by atoms with Gasteiger partial charge in [0.2, 0.25) is 0 Å². The van der Waals surface area contributed by atoms with Crippen LogP contribution in [0, 0.1) is 10.1 Å². The van der Waals surface area contributed by atoms with Gasteiger partial charge in [-0.3, -0.25) is 14.9 Å². The molecule has 7 heteroatoms. The molecule has 0 aliphatic rings. The lowest BCUT2D eigenvalue weighted by molar-refractivity contribution is -0.384. The second-order valence-electron chi connectivity index (χ2n) is 4.28. The number of methoxy groups -OCH3 is 1. The van der Waals surface area contributed by atoms with Crippen molar-refractivity contribution in [2.45, 2.75) is 0 Å². The number of hydrogen-bond donors (Lipinski definition) is 1. The zero-order valence-corrected chi connectivity index (χ0v) is 11.7. The number of carbonyl (C=O) groups is 1. The number of hydrazone groups is 1. The second kappa shape index (κ2) is 6.98. The molecule has 0 spiro atoms. The van der Waals surface area contributed by atoms with Crippen molar-refractivity contribution in [3.05, 3.63) is 69.8 Å². The van der Waals surface area contributed by atoms with Crippen LogP contribution in [0.25, 0.3) is 0 Å². The number of nitro benzene ring substituents is 1. The van der Waals surface area contributed by atoms with Crippen molar-refractivity contribution in [2.75, 3.05) is 7.11 Å². The molecule has 0 aliphatic carbocycles. The molecule has 0 unspecified atom stereocenters. The fourth-order valence-electron chi connectivity index (χ4n) is 1.68. The van der Waals surface area contributed by atoms with E-state index >= 15 is 0 Å². The van der Waals surface area contributed by atoms with Gasteiger partial charge in [0.15, 0.2) is 0 Å². The van der Waals surface area contributed by atoms with Gasteiger partial charge in [0.05, 0.1) is 18.2 Å². The summed E-state index contributed by atoms with van der Waals surface area (Å²) >= 11 is 0. The van der Waals surface area contributed by atoms with Crippen LogP contribution in [0.1, 0.15) is 15.9 Å². The Kier molecular flexibility index (Phi) is 4.81. The highest BCUT2D eigenvalue weighted by atomic mass is 16.6. The van der Waals surface area contributed by atoms with Crippen LogP contribution in [-0.2, 0) is 0 Å². The van der Waals surface area contributed by atoms with E-state index in [1.165, 1.54) is 30.5 Å². The maximum atomic E-state index is 11.8. The molecule has 2 rings (SSSR count). The molecule has 2 aromatic carbocycles. The lowest BCUT2D eigenvalue weighted by atomic mass is 10.2. The SMILES string of the molecule is COc1ccc(C=NNC(=O)c2cccc([N+](=O)[O-])c2)cc1. The summed E-state index contributed by atoms with van der Waals surface area (Å²) in [6.07, 6.45) is 1.47. The van der Waals surface area contributed by atoms with Gasteiger partial charge in [0.1, 0.15) is 5.75 Å². The quantitative estimate of drug-likeness (QED) is 0.521. The number of nitro groups is 1. The molecule has 0 saturated carbocycles. The van der Waals surface area contributed by atoms with Crippen molar-refractivity contribution in [2.24, 2.45) is 5.10 Å². The minimum Gasteiger partial charge on any atom is -0.497 e. The van der Waals surface area contributed by atoms with Crippen molar-refractivity contribution in [1.82, 2.24) is 5.43 Å². The normalized spacial score (nSPS) is 10.4. The standard InChI is InChI=1S/C15H13N3O4/c1-22-14-7-5-11(6-8-14)10-16-17-15(19)12-3-2-4-13(9-12)18(20)21/h2-10H,1H3,(H,17,19). The summed E-state index contributed by atoms with van der Waals surface area (Å²) in [5.74, 6) is 0.200. The lowest BCUT2D eigenvalue weighted by Gasteiger charge is -2.00. The summed E-state index contributed by atoms with van der Waals surface area (Å²) in [6.45, 7) is 0. The summed E-state index contributed by atoms with van der Waals surface area (Å²) in [7, 11) is 1.57. The number of hydrogen-bond acceptors (Lipinski definition) is 5. The van der Waals surface area contributed by atoms with E-state index in [-0.39, 0.29) is 11.3 Å². The summed E-state index contributed by atoms with van der Waals surface area (Å²) in [6, 6.07) is 12.5. The Morgan fingerprint density at radius 2 is 2.00 bits per heavy atom.